The van der Waals surface area contributed by atoms with Gasteiger partial charge in [-0.3, -0.25) is 20.4 Å². The van der Waals surface area contributed by atoms with E-state index in [2.05, 4.69) is 16.2 Å². The van der Waals surface area contributed by atoms with E-state index < -0.39 is 29.6 Å². The summed E-state index contributed by atoms with van der Waals surface area (Å²) in [5, 5.41) is 2.60. The summed E-state index contributed by atoms with van der Waals surface area (Å²) in [6.07, 6.45) is -4.58. The van der Waals surface area contributed by atoms with Crippen LogP contribution in [0.4, 0.5) is 18.9 Å². The summed E-state index contributed by atoms with van der Waals surface area (Å²) in [6.45, 7) is 3.42. The number of halogens is 3. The number of amides is 2. The molecule has 0 heterocycles. The van der Waals surface area contributed by atoms with E-state index in [9.17, 15) is 22.8 Å². The van der Waals surface area contributed by atoms with Gasteiger partial charge in [-0.15, -0.1) is 0 Å². The standard InChI is InChI=1S/C20H22F3N3O3/c1-12(2)17(24-18(27)13-8-10-14(29-3)11-9-13)19(28)26-25-16-7-5-4-6-15(16)20(21,22)23/h4-12,17,25H,1-3H3,(H,24,27)(H,26,28)/t17-/m0/s1. The average molecular weight is 409 g/mol. The summed E-state index contributed by atoms with van der Waals surface area (Å²) >= 11 is 0. The van der Waals surface area contributed by atoms with E-state index in [1.54, 1.807) is 38.1 Å². The average Bonchev–Trinajstić information content (AvgIpc) is 2.69. The van der Waals surface area contributed by atoms with Gasteiger partial charge in [0.1, 0.15) is 11.8 Å². The maximum atomic E-state index is 13.1. The van der Waals surface area contributed by atoms with Crippen molar-refractivity contribution in [3.63, 3.8) is 0 Å². The Labute approximate surface area is 166 Å². The molecule has 0 fully saturated rings. The van der Waals surface area contributed by atoms with E-state index in [1.165, 1.54) is 25.3 Å². The normalized spacial score (nSPS) is 12.2. The fourth-order valence-corrected chi connectivity index (χ4v) is 2.55. The molecule has 29 heavy (non-hydrogen) atoms. The van der Waals surface area contributed by atoms with Gasteiger partial charge in [-0.25, -0.2) is 0 Å². The highest BCUT2D eigenvalue weighted by molar-refractivity contribution is 5.97. The number of alkyl halides is 3. The van der Waals surface area contributed by atoms with Crippen molar-refractivity contribution in [1.29, 1.82) is 0 Å². The molecule has 6 nitrogen and oxygen atoms in total. The van der Waals surface area contributed by atoms with Crippen molar-refractivity contribution in [3.8, 4) is 5.75 Å². The lowest BCUT2D eigenvalue weighted by atomic mass is 10.0. The highest BCUT2D eigenvalue weighted by Crippen LogP contribution is 2.34. The molecule has 0 spiro atoms. The Morgan fingerprint density at radius 2 is 1.62 bits per heavy atom. The molecule has 1 atom stereocenters. The van der Waals surface area contributed by atoms with Crippen LogP contribution in [0.3, 0.4) is 0 Å². The first-order valence-electron chi connectivity index (χ1n) is 8.80. The summed E-state index contributed by atoms with van der Waals surface area (Å²) in [5.41, 5.74) is 3.65. The summed E-state index contributed by atoms with van der Waals surface area (Å²) in [6, 6.07) is 10.1. The Bertz CT molecular complexity index is 852. The predicted octanol–water partition coefficient (Wildman–Crippen LogP) is 3.61. The monoisotopic (exact) mass is 409 g/mol. The highest BCUT2D eigenvalue weighted by Gasteiger charge is 2.33. The van der Waals surface area contributed by atoms with E-state index in [-0.39, 0.29) is 11.6 Å². The number of anilines is 1. The van der Waals surface area contributed by atoms with Crippen LogP contribution >= 0.6 is 0 Å². The van der Waals surface area contributed by atoms with E-state index in [0.29, 0.717) is 11.3 Å². The number of rotatable bonds is 7. The topological polar surface area (TPSA) is 79.5 Å². The van der Waals surface area contributed by atoms with Gasteiger partial charge in [0.15, 0.2) is 0 Å². The number of ether oxygens (including phenoxy) is 1. The number of methoxy groups -OCH3 is 1. The van der Waals surface area contributed by atoms with E-state index in [0.717, 1.165) is 6.07 Å². The van der Waals surface area contributed by atoms with Gasteiger partial charge in [-0.05, 0) is 42.3 Å². The zero-order chi connectivity index (χ0) is 21.6. The number of benzene rings is 2. The predicted molar refractivity (Wildman–Crippen MR) is 102 cm³/mol. The number of carbonyl (C=O) groups is 2. The van der Waals surface area contributed by atoms with Crippen molar-refractivity contribution >= 4 is 17.5 Å². The van der Waals surface area contributed by atoms with Crippen LogP contribution in [0, 0.1) is 5.92 Å². The number of hydrogen-bond acceptors (Lipinski definition) is 4. The van der Waals surface area contributed by atoms with E-state index >= 15 is 0 Å². The molecule has 3 N–H and O–H groups in total. The molecule has 0 aliphatic rings. The largest absolute Gasteiger partial charge is 0.497 e. The summed E-state index contributed by atoms with van der Waals surface area (Å²) in [4.78, 5) is 24.9. The van der Waals surface area contributed by atoms with Gasteiger partial charge in [0.25, 0.3) is 11.8 Å². The maximum Gasteiger partial charge on any atom is 0.418 e. The molecule has 2 aromatic rings. The maximum absolute atomic E-state index is 13.1. The molecule has 0 bridgehead atoms. The first-order chi connectivity index (χ1) is 13.6. The molecule has 9 heteroatoms. The lowest BCUT2D eigenvalue weighted by Crippen LogP contribution is -2.51. The summed E-state index contributed by atoms with van der Waals surface area (Å²) in [7, 11) is 1.50. The molecule has 156 valence electrons. The first kappa shape index (κ1) is 22.1. The summed E-state index contributed by atoms with van der Waals surface area (Å²) < 4.78 is 44.2. The van der Waals surface area contributed by atoms with Gasteiger partial charge < -0.3 is 10.1 Å². The molecule has 0 aromatic heterocycles. The van der Waals surface area contributed by atoms with Gasteiger partial charge in [0.05, 0.1) is 18.4 Å². The van der Waals surface area contributed by atoms with Crippen molar-refractivity contribution in [2.45, 2.75) is 26.1 Å². The minimum atomic E-state index is -4.58. The SMILES string of the molecule is COc1ccc(C(=O)N[C@H](C(=O)NNc2ccccc2C(F)(F)F)C(C)C)cc1. The second-order valence-corrected chi connectivity index (χ2v) is 6.58. The lowest BCUT2D eigenvalue weighted by molar-refractivity contribution is -0.137. The zero-order valence-electron chi connectivity index (χ0n) is 16.1. The van der Waals surface area contributed by atoms with Crippen molar-refractivity contribution in [2.24, 2.45) is 5.92 Å². The van der Waals surface area contributed by atoms with Gasteiger partial charge in [0.2, 0.25) is 0 Å². The smallest absolute Gasteiger partial charge is 0.418 e. The molecule has 0 aliphatic heterocycles. The molecule has 0 saturated heterocycles. The quantitative estimate of drug-likeness (QED) is 0.611. The molecule has 0 radical (unpaired) electrons. The Hall–Kier alpha value is -3.23. The Balaban J connectivity index is 2.07. The van der Waals surface area contributed by atoms with Crippen LogP contribution in [0.5, 0.6) is 5.75 Å². The third-order valence-electron chi connectivity index (χ3n) is 4.14. The first-order valence-corrected chi connectivity index (χ1v) is 8.80. The van der Waals surface area contributed by atoms with Crippen molar-refractivity contribution < 1.29 is 27.5 Å². The van der Waals surface area contributed by atoms with Crippen LogP contribution < -0.4 is 20.9 Å². The lowest BCUT2D eigenvalue weighted by Gasteiger charge is -2.23. The fraction of sp³-hybridized carbons (Fsp3) is 0.300. The second kappa shape index (κ2) is 9.31. The number of carbonyl (C=O) groups excluding carboxylic acids is 2. The van der Waals surface area contributed by atoms with Crippen LogP contribution in [-0.2, 0) is 11.0 Å². The molecule has 2 rings (SSSR count). The van der Waals surface area contributed by atoms with Gasteiger partial charge in [-0.2, -0.15) is 13.2 Å². The highest BCUT2D eigenvalue weighted by atomic mass is 19.4. The fourth-order valence-electron chi connectivity index (χ4n) is 2.55. The minimum absolute atomic E-state index is 0.294. The third-order valence-corrected chi connectivity index (χ3v) is 4.14. The van der Waals surface area contributed by atoms with Crippen LogP contribution in [0.2, 0.25) is 0 Å². The molecular weight excluding hydrogens is 387 g/mol. The van der Waals surface area contributed by atoms with Crippen molar-refractivity contribution in [3.05, 3.63) is 59.7 Å². The Morgan fingerprint density at radius 1 is 1.00 bits per heavy atom. The van der Waals surface area contributed by atoms with E-state index in [4.69, 9.17) is 4.74 Å². The third kappa shape index (κ3) is 5.87. The van der Waals surface area contributed by atoms with Crippen molar-refractivity contribution in [2.75, 3.05) is 12.5 Å². The number of hydrogen-bond donors (Lipinski definition) is 3. The van der Waals surface area contributed by atoms with E-state index in [1.807, 2.05) is 0 Å². The molecule has 2 amide bonds. The van der Waals surface area contributed by atoms with Crippen LogP contribution in [-0.4, -0.2) is 25.0 Å². The molecule has 0 unspecified atom stereocenters. The van der Waals surface area contributed by atoms with Crippen molar-refractivity contribution in [1.82, 2.24) is 10.7 Å². The van der Waals surface area contributed by atoms with Crippen LogP contribution in [0.25, 0.3) is 0 Å². The number of nitrogens with one attached hydrogen (secondary N) is 3. The van der Waals surface area contributed by atoms with Crippen LogP contribution in [0.15, 0.2) is 48.5 Å². The molecule has 0 saturated carbocycles. The Kier molecular flexibility index (Phi) is 7.08. The Morgan fingerprint density at radius 3 is 2.17 bits per heavy atom. The number of para-hydroxylation sites is 1. The molecule has 2 aromatic carbocycles. The number of hydrazine groups is 1. The van der Waals surface area contributed by atoms with Gasteiger partial charge >= 0.3 is 6.18 Å². The zero-order valence-corrected chi connectivity index (χ0v) is 16.1. The minimum Gasteiger partial charge on any atom is -0.497 e. The molecular formula is C20H22F3N3O3. The second-order valence-electron chi connectivity index (χ2n) is 6.58. The van der Waals surface area contributed by atoms with Crippen LogP contribution in [0.1, 0.15) is 29.8 Å². The summed E-state index contributed by atoms with van der Waals surface area (Å²) in [5.74, 6) is -0.889. The van der Waals surface area contributed by atoms with Gasteiger partial charge in [0, 0.05) is 5.56 Å². The van der Waals surface area contributed by atoms with Gasteiger partial charge in [-0.1, -0.05) is 26.0 Å². The molecule has 0 aliphatic carbocycles.